The van der Waals surface area contributed by atoms with Crippen molar-refractivity contribution in [3.63, 3.8) is 0 Å². The van der Waals surface area contributed by atoms with Gasteiger partial charge in [-0.2, -0.15) is 0 Å². The van der Waals surface area contributed by atoms with E-state index < -0.39 is 0 Å². The highest BCUT2D eigenvalue weighted by Gasteiger charge is 2.25. The molecule has 1 amide bonds. The van der Waals surface area contributed by atoms with Gasteiger partial charge in [0.15, 0.2) is 0 Å². The molecule has 0 aromatic heterocycles. The first-order valence-corrected chi connectivity index (χ1v) is 6.81. The van der Waals surface area contributed by atoms with Crippen molar-refractivity contribution in [3.05, 3.63) is 64.7 Å². The molecule has 3 nitrogen and oxygen atoms in total. The van der Waals surface area contributed by atoms with Gasteiger partial charge in [0, 0.05) is 12.5 Å². The van der Waals surface area contributed by atoms with Crippen molar-refractivity contribution >= 4 is 5.91 Å². The van der Waals surface area contributed by atoms with Crippen molar-refractivity contribution in [1.82, 2.24) is 5.32 Å². The minimum absolute atomic E-state index is 0.0384. The molecule has 2 aromatic rings. The number of nitrogens with one attached hydrogen (secondary N) is 1. The largest absolute Gasteiger partial charge is 0.507 e. The number of phenolic OH excluding ortho intramolecular Hbond substituents is 1. The van der Waals surface area contributed by atoms with E-state index in [0.29, 0.717) is 18.0 Å². The van der Waals surface area contributed by atoms with Gasteiger partial charge in [-0.1, -0.05) is 30.3 Å². The maximum atomic E-state index is 12.1. The zero-order valence-electron chi connectivity index (χ0n) is 11.4. The van der Waals surface area contributed by atoms with Crippen molar-refractivity contribution in [2.24, 2.45) is 0 Å². The summed E-state index contributed by atoms with van der Waals surface area (Å²) in [5.74, 6) is 0.214. The molecular formula is C17H17NO2. The van der Waals surface area contributed by atoms with Crippen LogP contribution in [0.4, 0.5) is 0 Å². The Kier molecular flexibility index (Phi) is 3.18. The average Bonchev–Trinajstić information content (AvgIpc) is 2.39. The molecule has 1 unspecified atom stereocenters. The Morgan fingerprint density at radius 3 is 2.85 bits per heavy atom. The molecule has 0 saturated heterocycles. The highest BCUT2D eigenvalue weighted by molar-refractivity contribution is 5.96. The number of aromatic hydroxyl groups is 1. The fourth-order valence-corrected chi connectivity index (χ4v) is 2.69. The number of carbonyl (C=O) groups excluding carboxylic acids is 1. The third-order valence-corrected chi connectivity index (χ3v) is 3.87. The van der Waals surface area contributed by atoms with Crippen LogP contribution in [-0.4, -0.2) is 17.6 Å². The average molecular weight is 267 g/mol. The minimum atomic E-state index is -0.216. The highest BCUT2D eigenvalue weighted by Crippen LogP contribution is 2.34. The number of aryl methyl sites for hydroxylation is 1. The quantitative estimate of drug-likeness (QED) is 0.898. The van der Waals surface area contributed by atoms with E-state index in [1.54, 1.807) is 12.1 Å². The third kappa shape index (κ3) is 2.27. The number of amides is 1. The van der Waals surface area contributed by atoms with Crippen molar-refractivity contribution in [3.8, 4) is 5.75 Å². The molecule has 0 spiro atoms. The second-order valence-corrected chi connectivity index (χ2v) is 5.33. The Balaban J connectivity index is 1.64. The van der Waals surface area contributed by atoms with Gasteiger partial charge in [-0.05, 0) is 42.2 Å². The van der Waals surface area contributed by atoms with Crippen LogP contribution in [0.1, 0.15) is 33.0 Å². The molecule has 20 heavy (non-hydrogen) atoms. The van der Waals surface area contributed by atoms with Gasteiger partial charge in [-0.15, -0.1) is 0 Å². The van der Waals surface area contributed by atoms with E-state index in [-0.39, 0.29) is 11.7 Å². The van der Waals surface area contributed by atoms with E-state index in [1.807, 2.05) is 25.1 Å². The number of benzene rings is 2. The predicted octanol–water partition coefficient (Wildman–Crippen LogP) is 2.77. The Hall–Kier alpha value is -2.29. The van der Waals surface area contributed by atoms with Crippen LogP contribution in [0.15, 0.2) is 42.5 Å². The van der Waals surface area contributed by atoms with Gasteiger partial charge in [0.1, 0.15) is 5.75 Å². The summed E-state index contributed by atoms with van der Waals surface area (Å²) in [5.41, 5.74) is 3.96. The zero-order chi connectivity index (χ0) is 14.1. The normalized spacial score (nSPS) is 16.1. The minimum Gasteiger partial charge on any atom is -0.507 e. The number of fused-ring (bicyclic) bond motifs is 1. The second-order valence-electron chi connectivity index (χ2n) is 5.33. The van der Waals surface area contributed by atoms with Gasteiger partial charge in [0.05, 0.1) is 5.56 Å². The van der Waals surface area contributed by atoms with Gasteiger partial charge in [-0.25, -0.2) is 0 Å². The standard InChI is InChI=1S/C17H17NO2/c1-11-6-7-15(16(19)8-11)17(20)18-10-13-9-12-4-2-3-5-14(12)13/h2-8,13,19H,9-10H2,1H3,(H,18,20). The molecule has 3 rings (SSSR count). The lowest BCUT2D eigenvalue weighted by Gasteiger charge is -2.30. The molecule has 102 valence electrons. The van der Waals surface area contributed by atoms with Crippen LogP contribution >= 0.6 is 0 Å². The summed E-state index contributed by atoms with van der Waals surface area (Å²) in [6.45, 7) is 2.50. The van der Waals surface area contributed by atoms with Crippen molar-refractivity contribution < 1.29 is 9.90 Å². The van der Waals surface area contributed by atoms with E-state index in [4.69, 9.17) is 0 Å². The van der Waals surface area contributed by atoms with E-state index >= 15 is 0 Å². The first-order valence-electron chi connectivity index (χ1n) is 6.81. The smallest absolute Gasteiger partial charge is 0.255 e. The number of phenols is 1. The number of rotatable bonds is 3. The maximum absolute atomic E-state index is 12.1. The third-order valence-electron chi connectivity index (χ3n) is 3.87. The molecule has 2 aromatic carbocycles. The second kappa shape index (κ2) is 5.00. The van der Waals surface area contributed by atoms with Crippen LogP contribution in [0.3, 0.4) is 0 Å². The molecule has 0 saturated carbocycles. The van der Waals surface area contributed by atoms with Crippen molar-refractivity contribution in [2.75, 3.05) is 6.54 Å². The molecule has 0 aliphatic heterocycles. The topological polar surface area (TPSA) is 49.3 Å². The Labute approximate surface area is 118 Å². The van der Waals surface area contributed by atoms with E-state index in [0.717, 1.165) is 12.0 Å². The summed E-state index contributed by atoms with van der Waals surface area (Å²) < 4.78 is 0. The fraction of sp³-hybridized carbons (Fsp3) is 0.235. The van der Waals surface area contributed by atoms with Crippen LogP contribution in [0.2, 0.25) is 0 Å². The summed E-state index contributed by atoms with van der Waals surface area (Å²) in [7, 11) is 0. The van der Waals surface area contributed by atoms with Gasteiger partial charge in [0.2, 0.25) is 0 Å². The lowest BCUT2D eigenvalue weighted by Crippen LogP contribution is -2.33. The number of hydrogen-bond acceptors (Lipinski definition) is 2. The van der Waals surface area contributed by atoms with Gasteiger partial charge < -0.3 is 10.4 Å². The monoisotopic (exact) mass is 267 g/mol. The zero-order valence-corrected chi connectivity index (χ0v) is 11.4. The summed E-state index contributed by atoms with van der Waals surface area (Å²) in [4.78, 5) is 12.1. The summed E-state index contributed by atoms with van der Waals surface area (Å²) in [5, 5.41) is 12.7. The van der Waals surface area contributed by atoms with Crippen LogP contribution in [-0.2, 0) is 6.42 Å². The van der Waals surface area contributed by atoms with Crippen molar-refractivity contribution in [1.29, 1.82) is 0 Å². The predicted molar refractivity (Wildman–Crippen MR) is 78.1 cm³/mol. The van der Waals surface area contributed by atoms with Gasteiger partial charge >= 0.3 is 0 Å². The fourth-order valence-electron chi connectivity index (χ4n) is 2.69. The maximum Gasteiger partial charge on any atom is 0.255 e. The molecule has 1 aliphatic rings. The number of hydrogen-bond donors (Lipinski definition) is 2. The van der Waals surface area contributed by atoms with Gasteiger partial charge in [-0.3, -0.25) is 4.79 Å². The van der Waals surface area contributed by atoms with E-state index in [2.05, 4.69) is 17.4 Å². The molecule has 0 heterocycles. The van der Waals surface area contributed by atoms with Crippen LogP contribution in [0, 0.1) is 6.92 Å². The Bertz CT molecular complexity index is 664. The molecule has 0 fully saturated rings. The highest BCUT2D eigenvalue weighted by atomic mass is 16.3. The molecule has 1 atom stereocenters. The molecule has 3 heteroatoms. The SMILES string of the molecule is Cc1ccc(C(=O)NCC2Cc3ccccc32)c(O)c1. The van der Waals surface area contributed by atoms with Crippen LogP contribution < -0.4 is 5.32 Å². The summed E-state index contributed by atoms with van der Waals surface area (Å²) in [6, 6.07) is 13.4. The lowest BCUT2D eigenvalue weighted by molar-refractivity contribution is 0.0947. The molecule has 0 radical (unpaired) electrons. The first kappa shape index (κ1) is 12.7. The van der Waals surface area contributed by atoms with Crippen LogP contribution in [0.25, 0.3) is 0 Å². The Morgan fingerprint density at radius 1 is 1.30 bits per heavy atom. The molecular weight excluding hydrogens is 250 g/mol. The van der Waals surface area contributed by atoms with E-state index in [1.165, 1.54) is 11.1 Å². The summed E-state index contributed by atoms with van der Waals surface area (Å²) in [6.07, 6.45) is 1.01. The molecule has 1 aliphatic carbocycles. The molecule has 0 bridgehead atoms. The van der Waals surface area contributed by atoms with Gasteiger partial charge in [0.25, 0.3) is 5.91 Å². The lowest BCUT2D eigenvalue weighted by atomic mass is 9.77. The molecule has 2 N–H and O–H groups in total. The Morgan fingerprint density at radius 2 is 2.10 bits per heavy atom. The first-order chi connectivity index (χ1) is 9.65. The van der Waals surface area contributed by atoms with Crippen molar-refractivity contribution in [2.45, 2.75) is 19.3 Å². The van der Waals surface area contributed by atoms with E-state index in [9.17, 15) is 9.90 Å². The summed E-state index contributed by atoms with van der Waals surface area (Å²) >= 11 is 0. The van der Waals surface area contributed by atoms with Crippen LogP contribution in [0.5, 0.6) is 5.75 Å². The number of carbonyl (C=O) groups is 1.